The van der Waals surface area contributed by atoms with Crippen molar-refractivity contribution in [1.82, 2.24) is 4.57 Å². The molecule has 3 aromatic rings. The minimum atomic E-state index is -0.504. The fourth-order valence-corrected chi connectivity index (χ4v) is 4.85. The van der Waals surface area contributed by atoms with Crippen LogP contribution in [0.1, 0.15) is 0 Å². The van der Waals surface area contributed by atoms with Gasteiger partial charge in [-0.1, -0.05) is 60.7 Å². The summed E-state index contributed by atoms with van der Waals surface area (Å²) < 4.78 is 4.35. The van der Waals surface area contributed by atoms with Crippen LogP contribution in [0, 0.1) is 0 Å². The first-order valence-corrected chi connectivity index (χ1v) is 8.02. The average Bonchev–Trinajstić information content (AvgIpc) is 2.80. The third kappa shape index (κ3) is 2.52. The van der Waals surface area contributed by atoms with Crippen molar-refractivity contribution in [3.8, 4) is 0 Å². The second kappa shape index (κ2) is 5.60. The quantitative estimate of drug-likeness (QED) is 0.509. The van der Waals surface area contributed by atoms with Crippen molar-refractivity contribution in [2.75, 3.05) is 0 Å². The molecular formula is C17H18N2P+. The van der Waals surface area contributed by atoms with E-state index in [1.54, 1.807) is 0 Å². The molecule has 0 saturated carbocycles. The molecule has 0 aliphatic rings. The van der Waals surface area contributed by atoms with Crippen molar-refractivity contribution in [3.63, 3.8) is 0 Å². The molecule has 0 radical (unpaired) electrons. The summed E-state index contributed by atoms with van der Waals surface area (Å²) in [5.74, 6) is 0. The maximum Gasteiger partial charge on any atom is 0.243 e. The van der Waals surface area contributed by atoms with Crippen LogP contribution in [-0.4, -0.2) is 4.57 Å². The van der Waals surface area contributed by atoms with Crippen LogP contribution in [0.15, 0.2) is 73.2 Å². The highest BCUT2D eigenvalue weighted by Crippen LogP contribution is 2.31. The summed E-state index contributed by atoms with van der Waals surface area (Å²) in [6, 6.07) is 21.6. The fourth-order valence-electron chi connectivity index (χ4n) is 2.42. The summed E-state index contributed by atoms with van der Waals surface area (Å²) in [5.41, 5.74) is 1.36. The molecule has 1 aromatic heterocycles. The van der Waals surface area contributed by atoms with Gasteiger partial charge in [0.25, 0.3) is 0 Å². The number of hydrogen-bond acceptors (Lipinski definition) is 0. The predicted octanol–water partition coefficient (Wildman–Crippen LogP) is 1.61. The van der Waals surface area contributed by atoms with Gasteiger partial charge in [0, 0.05) is 7.92 Å². The lowest BCUT2D eigenvalue weighted by atomic mass is 10.4. The number of imidazole rings is 1. The molecule has 0 saturated heterocycles. The molecule has 3 rings (SSSR count). The summed E-state index contributed by atoms with van der Waals surface area (Å²) in [4.78, 5) is 0. The van der Waals surface area contributed by atoms with Crippen LogP contribution in [-0.2, 0) is 14.1 Å². The van der Waals surface area contributed by atoms with Crippen LogP contribution < -0.4 is 20.6 Å². The number of hydrogen-bond donors (Lipinski definition) is 0. The smallest absolute Gasteiger partial charge is 0.239 e. The zero-order valence-corrected chi connectivity index (χ0v) is 12.7. The van der Waals surface area contributed by atoms with Crippen molar-refractivity contribution >= 4 is 24.0 Å². The Labute approximate surface area is 121 Å². The highest BCUT2D eigenvalue weighted by molar-refractivity contribution is 7.79. The lowest BCUT2D eigenvalue weighted by Gasteiger charge is -2.15. The van der Waals surface area contributed by atoms with Crippen LogP contribution in [0.4, 0.5) is 0 Å². The highest BCUT2D eigenvalue weighted by Gasteiger charge is 2.23. The maximum absolute atomic E-state index is 2.23. The maximum atomic E-state index is 2.23. The van der Waals surface area contributed by atoms with E-state index in [2.05, 4.69) is 96.4 Å². The van der Waals surface area contributed by atoms with Crippen LogP contribution in [0.5, 0.6) is 0 Å². The SMILES string of the molecule is Cn1c[n+](C)cc1P(c1ccccc1)c1ccccc1. The van der Waals surface area contributed by atoms with Gasteiger partial charge in [-0.3, -0.25) is 0 Å². The van der Waals surface area contributed by atoms with Crippen molar-refractivity contribution in [2.45, 2.75) is 0 Å². The highest BCUT2D eigenvalue weighted by atomic mass is 31.1. The Balaban J connectivity index is 2.16. The standard InChI is InChI=1S/C17H18N2P/c1-18-13-17(19(2)14-18)20(15-9-5-3-6-10-15)16-11-7-4-8-12-16/h3-14H,1-2H3/q+1. The van der Waals surface area contributed by atoms with E-state index in [0.717, 1.165) is 0 Å². The Morgan fingerprint density at radius 2 is 1.35 bits per heavy atom. The molecule has 0 unspecified atom stereocenters. The van der Waals surface area contributed by atoms with Crippen LogP contribution >= 0.6 is 7.92 Å². The van der Waals surface area contributed by atoms with E-state index in [9.17, 15) is 0 Å². The normalized spacial score (nSPS) is 10.9. The molecule has 0 atom stereocenters. The summed E-state index contributed by atoms with van der Waals surface area (Å²) in [6.07, 6.45) is 4.35. The summed E-state index contributed by atoms with van der Waals surface area (Å²) >= 11 is 0. The second-order valence-electron chi connectivity index (χ2n) is 4.89. The minimum absolute atomic E-state index is 0.504. The van der Waals surface area contributed by atoms with Gasteiger partial charge < -0.3 is 0 Å². The molecule has 2 aromatic carbocycles. The Morgan fingerprint density at radius 1 is 0.850 bits per heavy atom. The van der Waals surface area contributed by atoms with Gasteiger partial charge >= 0.3 is 0 Å². The van der Waals surface area contributed by atoms with Gasteiger partial charge in [-0.15, -0.1) is 0 Å². The van der Waals surface area contributed by atoms with E-state index in [1.165, 1.54) is 16.0 Å². The van der Waals surface area contributed by atoms with Crippen molar-refractivity contribution in [3.05, 3.63) is 73.2 Å². The van der Waals surface area contributed by atoms with Gasteiger partial charge in [0.15, 0.2) is 5.44 Å². The summed E-state index contributed by atoms with van der Waals surface area (Å²) in [7, 11) is 3.69. The predicted molar refractivity (Wildman–Crippen MR) is 85.3 cm³/mol. The third-order valence-corrected chi connectivity index (χ3v) is 5.81. The van der Waals surface area contributed by atoms with Crippen molar-refractivity contribution in [2.24, 2.45) is 14.1 Å². The Bertz CT molecular complexity index is 650. The largest absolute Gasteiger partial charge is 0.243 e. The van der Waals surface area contributed by atoms with Gasteiger partial charge in [-0.05, 0) is 10.6 Å². The molecule has 1 heterocycles. The Morgan fingerprint density at radius 3 is 1.75 bits per heavy atom. The first-order chi connectivity index (χ1) is 9.75. The van der Waals surface area contributed by atoms with Crippen LogP contribution in [0.3, 0.4) is 0 Å². The molecule has 0 bridgehead atoms. The van der Waals surface area contributed by atoms with Crippen LogP contribution in [0.25, 0.3) is 0 Å². The van der Waals surface area contributed by atoms with Gasteiger partial charge in [-0.2, -0.15) is 0 Å². The second-order valence-corrected chi connectivity index (χ2v) is 7.05. The molecular weight excluding hydrogens is 263 g/mol. The summed E-state index contributed by atoms with van der Waals surface area (Å²) in [6.45, 7) is 0. The van der Waals surface area contributed by atoms with E-state index in [1.807, 2.05) is 0 Å². The number of aryl methyl sites for hydroxylation is 2. The van der Waals surface area contributed by atoms with Gasteiger partial charge in [0.2, 0.25) is 6.33 Å². The van der Waals surface area contributed by atoms with E-state index in [0.29, 0.717) is 0 Å². The van der Waals surface area contributed by atoms with E-state index < -0.39 is 7.92 Å². The van der Waals surface area contributed by atoms with E-state index in [-0.39, 0.29) is 0 Å². The molecule has 0 fully saturated rings. The zero-order chi connectivity index (χ0) is 13.9. The number of benzene rings is 2. The van der Waals surface area contributed by atoms with Crippen LogP contribution in [0.2, 0.25) is 0 Å². The first-order valence-electron chi connectivity index (χ1n) is 6.67. The molecule has 0 aliphatic carbocycles. The number of nitrogens with zero attached hydrogens (tertiary/aromatic N) is 2. The van der Waals surface area contributed by atoms with E-state index >= 15 is 0 Å². The van der Waals surface area contributed by atoms with E-state index in [4.69, 9.17) is 0 Å². The monoisotopic (exact) mass is 281 g/mol. The molecule has 0 spiro atoms. The fraction of sp³-hybridized carbons (Fsp3) is 0.118. The molecule has 0 aliphatic heterocycles. The topological polar surface area (TPSA) is 8.81 Å². The molecule has 0 N–H and O–H groups in total. The average molecular weight is 281 g/mol. The van der Waals surface area contributed by atoms with Gasteiger partial charge in [0.1, 0.15) is 6.20 Å². The molecule has 3 heteroatoms. The lowest BCUT2D eigenvalue weighted by molar-refractivity contribution is -0.670. The first kappa shape index (κ1) is 13.1. The lowest BCUT2D eigenvalue weighted by Crippen LogP contribution is -2.27. The molecule has 0 amide bonds. The third-order valence-electron chi connectivity index (χ3n) is 3.29. The zero-order valence-electron chi connectivity index (χ0n) is 11.8. The minimum Gasteiger partial charge on any atom is -0.239 e. The number of aromatic nitrogens is 2. The molecule has 20 heavy (non-hydrogen) atoms. The molecule has 2 nitrogen and oxygen atoms in total. The van der Waals surface area contributed by atoms with Crippen molar-refractivity contribution in [1.29, 1.82) is 0 Å². The van der Waals surface area contributed by atoms with Gasteiger partial charge in [0.05, 0.1) is 14.1 Å². The summed E-state index contributed by atoms with van der Waals surface area (Å²) in [5, 5.41) is 2.77. The number of rotatable bonds is 3. The van der Waals surface area contributed by atoms with Crippen molar-refractivity contribution < 1.29 is 4.57 Å². The van der Waals surface area contributed by atoms with Gasteiger partial charge in [-0.25, -0.2) is 9.13 Å². The Kier molecular flexibility index (Phi) is 3.66. The Hall–Kier alpha value is -1.92. The molecule has 100 valence electrons.